The summed E-state index contributed by atoms with van der Waals surface area (Å²) in [5.74, 6) is -3.67. The standard InChI is InChI=1S/C6H7NO7S.C5H5NO2/c1-3(8)14-7-5(9)2-4(6(7)10)15(11,12)13;1-6-4(7)2-3-5(6)8/h4H,2H2,1H3,(H,11,12,13);2-3H,1H3. The fraction of sp³-hybridized carbons (Fsp3) is 0.364. The number of imide groups is 2. The molecular formula is C11H12N2O9S. The molecule has 11 nitrogen and oxygen atoms in total. The van der Waals surface area contributed by atoms with E-state index < -0.39 is 39.6 Å². The van der Waals surface area contributed by atoms with Crippen LogP contribution in [0, 0.1) is 0 Å². The van der Waals surface area contributed by atoms with Crippen molar-refractivity contribution in [3.63, 3.8) is 0 Å². The molecule has 1 saturated heterocycles. The quantitative estimate of drug-likeness (QED) is 0.441. The molecule has 2 heterocycles. The largest absolute Gasteiger partial charge is 0.331 e. The third-order valence-corrected chi connectivity index (χ3v) is 3.76. The van der Waals surface area contributed by atoms with Crippen LogP contribution in [-0.4, -0.2) is 64.8 Å². The number of hydrogen-bond donors (Lipinski definition) is 1. The van der Waals surface area contributed by atoms with Gasteiger partial charge in [0.1, 0.15) is 0 Å². The van der Waals surface area contributed by atoms with Crippen molar-refractivity contribution >= 4 is 39.7 Å². The predicted octanol–water partition coefficient (Wildman–Crippen LogP) is -1.98. The highest BCUT2D eigenvalue weighted by Crippen LogP contribution is 2.19. The molecule has 0 saturated carbocycles. The number of nitrogens with zero attached hydrogens (tertiary/aromatic N) is 2. The number of carbonyl (C=O) groups is 5. The molecule has 4 amide bonds. The van der Waals surface area contributed by atoms with E-state index in [-0.39, 0.29) is 16.9 Å². The minimum Gasteiger partial charge on any atom is -0.331 e. The van der Waals surface area contributed by atoms with E-state index in [9.17, 15) is 32.4 Å². The van der Waals surface area contributed by atoms with Gasteiger partial charge in [0.25, 0.3) is 33.7 Å². The first-order valence-electron chi connectivity index (χ1n) is 5.96. The molecular weight excluding hydrogens is 336 g/mol. The van der Waals surface area contributed by atoms with Crippen molar-refractivity contribution in [2.45, 2.75) is 18.6 Å². The summed E-state index contributed by atoms with van der Waals surface area (Å²) in [7, 11) is -3.21. The lowest BCUT2D eigenvalue weighted by atomic mass is 10.4. The maximum atomic E-state index is 11.2. The summed E-state index contributed by atoms with van der Waals surface area (Å²) in [4.78, 5) is 58.7. The van der Waals surface area contributed by atoms with Crippen LogP contribution in [0.1, 0.15) is 13.3 Å². The molecule has 12 heteroatoms. The van der Waals surface area contributed by atoms with Gasteiger partial charge in [-0.05, 0) is 0 Å². The zero-order chi connectivity index (χ0) is 17.9. The maximum absolute atomic E-state index is 11.2. The van der Waals surface area contributed by atoms with Crippen molar-refractivity contribution in [3.05, 3.63) is 12.2 Å². The Bertz CT molecular complexity index is 691. The van der Waals surface area contributed by atoms with Crippen molar-refractivity contribution < 1.29 is 41.8 Å². The molecule has 2 rings (SSSR count). The summed E-state index contributed by atoms with van der Waals surface area (Å²) in [5.41, 5.74) is 0. The first-order valence-corrected chi connectivity index (χ1v) is 7.46. The average molecular weight is 348 g/mol. The van der Waals surface area contributed by atoms with E-state index in [1.54, 1.807) is 0 Å². The summed E-state index contributed by atoms with van der Waals surface area (Å²) in [6, 6.07) is 0. The summed E-state index contributed by atoms with van der Waals surface area (Å²) < 4.78 is 29.9. The third kappa shape index (κ3) is 4.43. The lowest BCUT2D eigenvalue weighted by molar-refractivity contribution is -0.195. The maximum Gasteiger partial charge on any atom is 0.330 e. The monoisotopic (exact) mass is 348 g/mol. The number of likely N-dealkylation sites (N-methyl/N-ethyl adjacent to an activating group) is 1. The van der Waals surface area contributed by atoms with Crippen LogP contribution in [0.4, 0.5) is 0 Å². The van der Waals surface area contributed by atoms with Crippen LogP contribution >= 0.6 is 0 Å². The van der Waals surface area contributed by atoms with Gasteiger partial charge in [-0.2, -0.15) is 8.42 Å². The van der Waals surface area contributed by atoms with Crippen LogP contribution in [-0.2, 0) is 38.9 Å². The van der Waals surface area contributed by atoms with Gasteiger partial charge in [-0.1, -0.05) is 0 Å². The minimum atomic E-state index is -4.66. The van der Waals surface area contributed by atoms with Crippen LogP contribution in [0.15, 0.2) is 12.2 Å². The van der Waals surface area contributed by atoms with Crippen molar-refractivity contribution in [3.8, 4) is 0 Å². The molecule has 0 aromatic carbocycles. The van der Waals surface area contributed by atoms with Gasteiger partial charge >= 0.3 is 5.97 Å². The second kappa shape index (κ2) is 6.66. The first kappa shape index (κ1) is 18.4. The second-order valence-electron chi connectivity index (χ2n) is 4.39. The zero-order valence-electron chi connectivity index (χ0n) is 12.0. The fourth-order valence-electron chi connectivity index (χ4n) is 1.51. The number of hydrogen-bond acceptors (Lipinski definition) is 8. The van der Waals surface area contributed by atoms with Crippen LogP contribution in [0.25, 0.3) is 0 Å². The van der Waals surface area contributed by atoms with Crippen molar-refractivity contribution in [1.82, 2.24) is 9.96 Å². The Kier molecular flexibility index (Phi) is 5.34. The van der Waals surface area contributed by atoms with E-state index in [4.69, 9.17) is 4.55 Å². The lowest BCUT2D eigenvalue weighted by Crippen LogP contribution is -2.36. The molecule has 126 valence electrons. The van der Waals surface area contributed by atoms with Crippen LogP contribution < -0.4 is 0 Å². The van der Waals surface area contributed by atoms with E-state index in [0.29, 0.717) is 0 Å². The highest BCUT2D eigenvalue weighted by Gasteiger charge is 2.48. The van der Waals surface area contributed by atoms with E-state index >= 15 is 0 Å². The second-order valence-corrected chi connectivity index (χ2v) is 5.98. The predicted molar refractivity (Wildman–Crippen MR) is 70.5 cm³/mol. The Hall–Kier alpha value is -2.60. The SMILES string of the molecule is CC(=O)ON1C(=O)CC(S(=O)(=O)O)C1=O.CN1C(=O)C=CC1=O. The molecule has 0 bridgehead atoms. The molecule has 0 aromatic heterocycles. The van der Waals surface area contributed by atoms with Gasteiger partial charge in [0.05, 0.1) is 6.42 Å². The minimum absolute atomic E-state index is 0.0424. The van der Waals surface area contributed by atoms with Crippen molar-refractivity contribution in [2.75, 3.05) is 7.05 Å². The van der Waals surface area contributed by atoms with Crippen molar-refractivity contribution in [1.29, 1.82) is 0 Å². The molecule has 0 aliphatic carbocycles. The Balaban J connectivity index is 0.000000277. The van der Waals surface area contributed by atoms with Crippen LogP contribution in [0.5, 0.6) is 0 Å². The summed E-state index contributed by atoms with van der Waals surface area (Å²) >= 11 is 0. The number of carbonyl (C=O) groups excluding carboxylic acids is 5. The Morgan fingerprint density at radius 3 is 1.96 bits per heavy atom. The molecule has 1 atom stereocenters. The molecule has 0 spiro atoms. The third-order valence-electron chi connectivity index (χ3n) is 2.67. The molecule has 1 fully saturated rings. The van der Waals surface area contributed by atoms with Gasteiger partial charge in [-0.25, -0.2) is 4.79 Å². The Labute approximate surface area is 130 Å². The van der Waals surface area contributed by atoms with Crippen LogP contribution in [0.3, 0.4) is 0 Å². The molecule has 2 aliphatic heterocycles. The van der Waals surface area contributed by atoms with E-state index in [2.05, 4.69) is 4.84 Å². The van der Waals surface area contributed by atoms with E-state index in [1.807, 2.05) is 0 Å². The highest BCUT2D eigenvalue weighted by atomic mass is 32.2. The molecule has 0 aromatic rings. The van der Waals surface area contributed by atoms with E-state index in [1.165, 1.54) is 19.2 Å². The number of rotatable bonds is 2. The Morgan fingerprint density at radius 1 is 1.22 bits per heavy atom. The van der Waals surface area contributed by atoms with Gasteiger partial charge in [0.2, 0.25) is 0 Å². The lowest BCUT2D eigenvalue weighted by Gasteiger charge is -2.10. The fourth-order valence-corrected chi connectivity index (χ4v) is 2.22. The summed E-state index contributed by atoms with van der Waals surface area (Å²) in [5, 5.41) is -1.84. The topological polar surface area (TPSA) is 155 Å². The van der Waals surface area contributed by atoms with Crippen LogP contribution in [0.2, 0.25) is 0 Å². The van der Waals surface area contributed by atoms with Crippen molar-refractivity contribution in [2.24, 2.45) is 0 Å². The molecule has 23 heavy (non-hydrogen) atoms. The molecule has 0 radical (unpaired) electrons. The van der Waals surface area contributed by atoms with Gasteiger partial charge in [0.15, 0.2) is 5.25 Å². The average Bonchev–Trinajstić information content (AvgIpc) is 2.86. The molecule has 1 unspecified atom stereocenters. The highest BCUT2D eigenvalue weighted by molar-refractivity contribution is 7.87. The van der Waals surface area contributed by atoms with Gasteiger partial charge in [-0.3, -0.25) is 28.6 Å². The Morgan fingerprint density at radius 2 is 1.70 bits per heavy atom. The molecule has 2 aliphatic rings. The van der Waals surface area contributed by atoms with Gasteiger partial charge in [0, 0.05) is 26.1 Å². The molecule has 1 N–H and O–H groups in total. The van der Waals surface area contributed by atoms with Gasteiger partial charge < -0.3 is 4.84 Å². The normalized spacial score (nSPS) is 20.7. The number of amides is 4. The number of hydroxylamine groups is 2. The summed E-state index contributed by atoms with van der Waals surface area (Å²) in [6.45, 7) is 0.946. The van der Waals surface area contributed by atoms with E-state index in [0.717, 1.165) is 11.8 Å². The van der Waals surface area contributed by atoms with Gasteiger partial charge in [-0.15, -0.1) is 5.06 Å². The smallest absolute Gasteiger partial charge is 0.330 e. The summed E-state index contributed by atoms with van der Waals surface area (Å²) in [6.07, 6.45) is 1.77. The zero-order valence-corrected chi connectivity index (χ0v) is 12.8. The first-order chi connectivity index (χ1) is 10.4.